The molecule has 0 bridgehead atoms. The Morgan fingerprint density at radius 2 is 1.90 bits per heavy atom. The highest BCUT2D eigenvalue weighted by molar-refractivity contribution is 7.86. The molecule has 0 aliphatic rings. The van der Waals surface area contributed by atoms with Crippen molar-refractivity contribution in [2.45, 2.75) is 6.10 Å². The van der Waals surface area contributed by atoms with Crippen LogP contribution in [-0.2, 0) is 14.3 Å². The van der Waals surface area contributed by atoms with E-state index in [1.54, 1.807) is 36.7 Å². The van der Waals surface area contributed by atoms with Gasteiger partial charge in [-0.2, -0.15) is 8.42 Å². The smallest absolute Gasteiger partial charge is 0.265 e. The van der Waals surface area contributed by atoms with Gasteiger partial charge in [0.2, 0.25) is 0 Å². The summed E-state index contributed by atoms with van der Waals surface area (Å²) in [5.74, 6) is 0.561. The van der Waals surface area contributed by atoms with E-state index in [4.69, 9.17) is 8.92 Å². The first-order valence-electron chi connectivity index (χ1n) is 6.00. The quantitative estimate of drug-likeness (QED) is 0.764. The molecule has 0 amide bonds. The van der Waals surface area contributed by atoms with Gasteiger partial charge in [0.15, 0.2) is 0 Å². The average molecular weight is 293 g/mol. The summed E-state index contributed by atoms with van der Waals surface area (Å²) in [4.78, 5) is 3.93. The second kappa shape index (κ2) is 6.49. The van der Waals surface area contributed by atoms with E-state index in [9.17, 15) is 8.42 Å². The second-order valence-corrected chi connectivity index (χ2v) is 5.80. The lowest BCUT2D eigenvalue weighted by atomic mass is 10.1. The summed E-state index contributed by atoms with van der Waals surface area (Å²) in [5, 5.41) is 0. The molecule has 1 atom stereocenters. The first-order valence-corrected chi connectivity index (χ1v) is 7.82. The Morgan fingerprint density at radius 1 is 1.15 bits per heavy atom. The van der Waals surface area contributed by atoms with Crippen molar-refractivity contribution in [3.8, 4) is 5.75 Å². The molecule has 6 heteroatoms. The number of pyridine rings is 1. The number of hydrogen-bond donors (Lipinski definition) is 0. The zero-order valence-electron chi connectivity index (χ0n) is 11.0. The monoisotopic (exact) mass is 293 g/mol. The Labute approximate surface area is 118 Å². The van der Waals surface area contributed by atoms with E-state index in [0.29, 0.717) is 5.75 Å². The largest absolute Gasteiger partial charge is 0.489 e. The molecule has 0 N–H and O–H groups in total. The van der Waals surface area contributed by atoms with Crippen molar-refractivity contribution >= 4 is 10.1 Å². The molecule has 0 unspecified atom stereocenters. The minimum atomic E-state index is -3.57. The summed E-state index contributed by atoms with van der Waals surface area (Å²) >= 11 is 0. The normalized spacial score (nSPS) is 12.8. The predicted molar refractivity (Wildman–Crippen MR) is 74.8 cm³/mol. The maximum atomic E-state index is 11.3. The molecule has 0 saturated carbocycles. The Hall–Kier alpha value is -1.92. The highest BCUT2D eigenvalue weighted by Gasteiger charge is 2.18. The van der Waals surface area contributed by atoms with Gasteiger partial charge in [-0.1, -0.05) is 30.3 Å². The van der Waals surface area contributed by atoms with Crippen molar-refractivity contribution in [3.05, 3.63) is 60.4 Å². The molecule has 2 rings (SSSR count). The molecule has 0 aliphatic heterocycles. The molecular formula is C14H15NO4S. The van der Waals surface area contributed by atoms with E-state index in [1.165, 1.54) is 0 Å². The van der Waals surface area contributed by atoms with Gasteiger partial charge in [0.25, 0.3) is 10.1 Å². The van der Waals surface area contributed by atoms with E-state index in [0.717, 1.165) is 11.8 Å². The molecule has 0 fully saturated rings. The molecule has 20 heavy (non-hydrogen) atoms. The molecule has 1 aromatic carbocycles. The van der Waals surface area contributed by atoms with E-state index in [1.807, 2.05) is 18.2 Å². The maximum absolute atomic E-state index is 11.3. The first-order chi connectivity index (χ1) is 9.54. The number of ether oxygens (including phenoxy) is 1. The molecule has 0 aliphatic carbocycles. The van der Waals surface area contributed by atoms with Crippen LogP contribution < -0.4 is 4.74 Å². The van der Waals surface area contributed by atoms with Gasteiger partial charge < -0.3 is 4.74 Å². The van der Waals surface area contributed by atoms with E-state index < -0.39 is 16.2 Å². The fraction of sp³-hybridized carbons (Fsp3) is 0.214. The van der Waals surface area contributed by atoms with Crippen LogP contribution in [0.3, 0.4) is 0 Å². The summed E-state index contributed by atoms with van der Waals surface area (Å²) in [7, 11) is -3.57. The van der Waals surface area contributed by atoms with Crippen LogP contribution in [0.5, 0.6) is 5.75 Å². The van der Waals surface area contributed by atoms with Crippen molar-refractivity contribution in [2.24, 2.45) is 0 Å². The average Bonchev–Trinajstić information content (AvgIpc) is 2.44. The first kappa shape index (κ1) is 14.5. The minimum absolute atomic E-state index is 0.0861. The Morgan fingerprint density at radius 3 is 2.50 bits per heavy atom. The van der Waals surface area contributed by atoms with Gasteiger partial charge in [-0.15, -0.1) is 0 Å². The van der Waals surface area contributed by atoms with Crippen LogP contribution in [0.4, 0.5) is 0 Å². The van der Waals surface area contributed by atoms with Crippen LogP contribution in [0, 0.1) is 0 Å². The van der Waals surface area contributed by atoms with Crippen molar-refractivity contribution < 1.29 is 17.3 Å². The van der Waals surface area contributed by atoms with Gasteiger partial charge in [-0.3, -0.25) is 9.17 Å². The van der Waals surface area contributed by atoms with Gasteiger partial charge >= 0.3 is 0 Å². The zero-order valence-corrected chi connectivity index (χ0v) is 11.8. The van der Waals surface area contributed by atoms with Crippen LogP contribution in [0.2, 0.25) is 0 Å². The van der Waals surface area contributed by atoms with Crippen LogP contribution in [0.15, 0.2) is 54.9 Å². The van der Waals surface area contributed by atoms with Gasteiger partial charge in [0.05, 0.1) is 12.5 Å². The Kier molecular flexibility index (Phi) is 4.70. The van der Waals surface area contributed by atoms with Gasteiger partial charge in [0.1, 0.15) is 18.5 Å². The lowest BCUT2D eigenvalue weighted by molar-refractivity contribution is 0.136. The van der Waals surface area contributed by atoms with E-state index in [-0.39, 0.29) is 6.61 Å². The molecule has 2 aromatic rings. The summed E-state index contributed by atoms with van der Waals surface area (Å²) in [6, 6.07) is 12.6. The molecule has 0 spiro atoms. The van der Waals surface area contributed by atoms with E-state index in [2.05, 4.69) is 4.98 Å². The van der Waals surface area contributed by atoms with Gasteiger partial charge in [0, 0.05) is 6.20 Å². The molecule has 0 saturated heterocycles. The highest BCUT2D eigenvalue weighted by atomic mass is 32.2. The third-order valence-corrected chi connectivity index (χ3v) is 3.08. The molecule has 1 aromatic heterocycles. The van der Waals surface area contributed by atoms with Crippen molar-refractivity contribution in [3.63, 3.8) is 0 Å². The Bertz CT molecular complexity index is 629. The maximum Gasteiger partial charge on any atom is 0.265 e. The third kappa shape index (κ3) is 4.64. The van der Waals surface area contributed by atoms with Crippen LogP contribution in [0.1, 0.15) is 11.7 Å². The fourth-order valence-electron chi connectivity index (χ4n) is 1.66. The van der Waals surface area contributed by atoms with E-state index >= 15 is 0 Å². The summed E-state index contributed by atoms with van der Waals surface area (Å²) < 4.78 is 33.3. The van der Waals surface area contributed by atoms with Crippen molar-refractivity contribution in [2.75, 3.05) is 12.9 Å². The number of rotatable bonds is 6. The molecule has 5 nitrogen and oxygen atoms in total. The molecule has 1 heterocycles. The standard InChI is InChI=1S/C14H15NO4S/c1-20(16,17)19-14(12-6-3-2-4-7-12)11-18-13-8-5-9-15-10-13/h2-10,14H,11H2,1H3/t14-/m1/s1. The van der Waals surface area contributed by atoms with Crippen LogP contribution in [0.25, 0.3) is 0 Å². The number of nitrogens with zero attached hydrogens (tertiary/aromatic N) is 1. The zero-order chi connectivity index (χ0) is 14.4. The van der Waals surface area contributed by atoms with Crippen molar-refractivity contribution in [1.82, 2.24) is 4.98 Å². The second-order valence-electron chi connectivity index (χ2n) is 4.20. The van der Waals surface area contributed by atoms with Crippen molar-refractivity contribution in [1.29, 1.82) is 0 Å². The number of aromatic nitrogens is 1. The molecular weight excluding hydrogens is 278 g/mol. The SMILES string of the molecule is CS(=O)(=O)O[C@H](COc1cccnc1)c1ccccc1. The lowest BCUT2D eigenvalue weighted by Gasteiger charge is -2.17. The fourth-order valence-corrected chi connectivity index (χ4v) is 2.25. The highest BCUT2D eigenvalue weighted by Crippen LogP contribution is 2.21. The number of benzene rings is 1. The van der Waals surface area contributed by atoms with Gasteiger partial charge in [-0.25, -0.2) is 0 Å². The molecule has 0 radical (unpaired) electrons. The topological polar surface area (TPSA) is 65.5 Å². The summed E-state index contributed by atoms with van der Waals surface area (Å²) in [6.07, 6.45) is 3.52. The summed E-state index contributed by atoms with van der Waals surface area (Å²) in [5.41, 5.74) is 0.738. The minimum Gasteiger partial charge on any atom is -0.489 e. The summed E-state index contributed by atoms with van der Waals surface area (Å²) in [6.45, 7) is 0.0861. The van der Waals surface area contributed by atoms with Crippen LogP contribution in [-0.4, -0.2) is 26.3 Å². The van der Waals surface area contributed by atoms with Gasteiger partial charge in [-0.05, 0) is 17.7 Å². The lowest BCUT2D eigenvalue weighted by Crippen LogP contribution is -2.17. The predicted octanol–water partition coefficient (Wildman–Crippen LogP) is 2.18. The molecule has 106 valence electrons. The number of hydrogen-bond acceptors (Lipinski definition) is 5. The third-order valence-electron chi connectivity index (χ3n) is 2.50. The Balaban J connectivity index is 2.11. The van der Waals surface area contributed by atoms with Crippen LogP contribution >= 0.6 is 0 Å².